The first-order chi connectivity index (χ1) is 17.1. The summed E-state index contributed by atoms with van der Waals surface area (Å²) in [6, 6.07) is 13.6. The highest BCUT2D eigenvalue weighted by Gasteiger charge is 2.36. The van der Waals surface area contributed by atoms with Crippen LogP contribution >= 0.6 is 35.6 Å². The summed E-state index contributed by atoms with van der Waals surface area (Å²) in [6.45, 7) is -0.128. The Morgan fingerprint density at radius 1 is 1.08 bits per heavy atom. The van der Waals surface area contributed by atoms with Gasteiger partial charge in [0.25, 0.3) is 5.91 Å². The number of anilines is 1. The highest BCUT2D eigenvalue weighted by Crippen LogP contribution is 2.39. The summed E-state index contributed by atoms with van der Waals surface area (Å²) < 4.78 is 64.5. The molecule has 0 atom stereocenters. The summed E-state index contributed by atoms with van der Waals surface area (Å²) in [7, 11) is 1.43. The summed E-state index contributed by atoms with van der Waals surface area (Å²) in [5.74, 6) is -0.395. The van der Waals surface area contributed by atoms with Gasteiger partial charge in [0.05, 0.1) is 28.3 Å². The number of alkyl halides is 3. The molecular formula is C25H16ClF4NO3S2. The topological polar surface area (TPSA) is 38.8 Å². The zero-order valence-corrected chi connectivity index (χ0v) is 20.8. The maximum atomic E-state index is 14.0. The molecule has 36 heavy (non-hydrogen) atoms. The standard InChI is InChI=1S/C25H16ClF4NO3S2/c1-33-21-10-14(8-9-20(21)34-13-17-18(26)6-3-7-19(17)27)11-22-23(32)31(24(35)36-22)16-5-2-4-15(12-16)25(28,29)30/h2-12H,13H2,1H3/b22-11+. The molecule has 0 saturated carbocycles. The third-order valence-corrected chi connectivity index (χ3v) is 6.80. The zero-order valence-electron chi connectivity index (χ0n) is 18.4. The summed E-state index contributed by atoms with van der Waals surface area (Å²) in [5, 5.41) is 0.230. The Morgan fingerprint density at radius 3 is 2.53 bits per heavy atom. The maximum absolute atomic E-state index is 14.0. The van der Waals surface area contributed by atoms with Crippen molar-refractivity contribution >= 4 is 57.6 Å². The van der Waals surface area contributed by atoms with Crippen molar-refractivity contribution in [3.05, 3.63) is 93.1 Å². The molecule has 4 nitrogen and oxygen atoms in total. The van der Waals surface area contributed by atoms with E-state index in [4.69, 9.17) is 33.3 Å². The molecule has 3 aromatic carbocycles. The van der Waals surface area contributed by atoms with Gasteiger partial charge in [0.2, 0.25) is 0 Å². The predicted octanol–water partition coefficient (Wildman–Crippen LogP) is 7.49. The Labute approximate surface area is 218 Å². The molecule has 4 rings (SSSR count). The Balaban J connectivity index is 1.56. The number of benzene rings is 3. The van der Waals surface area contributed by atoms with E-state index in [1.165, 1.54) is 31.4 Å². The number of carbonyl (C=O) groups is 1. The molecule has 11 heteroatoms. The van der Waals surface area contributed by atoms with Gasteiger partial charge in [-0.1, -0.05) is 53.8 Å². The largest absolute Gasteiger partial charge is 0.493 e. The molecule has 1 heterocycles. The molecule has 1 aliphatic heterocycles. The summed E-state index contributed by atoms with van der Waals surface area (Å²) >= 11 is 12.3. The fourth-order valence-electron chi connectivity index (χ4n) is 3.38. The van der Waals surface area contributed by atoms with Crippen LogP contribution in [-0.2, 0) is 17.6 Å². The first-order valence-corrected chi connectivity index (χ1v) is 11.9. The monoisotopic (exact) mass is 553 g/mol. The number of hydrogen-bond donors (Lipinski definition) is 0. The first kappa shape index (κ1) is 26.0. The van der Waals surface area contributed by atoms with Crippen LogP contribution < -0.4 is 14.4 Å². The van der Waals surface area contributed by atoms with E-state index < -0.39 is 23.5 Å². The normalized spacial score (nSPS) is 15.1. The van der Waals surface area contributed by atoms with Crippen LogP contribution in [0.4, 0.5) is 23.2 Å². The number of amides is 1. The van der Waals surface area contributed by atoms with Crippen molar-refractivity contribution in [1.82, 2.24) is 0 Å². The first-order valence-electron chi connectivity index (χ1n) is 10.3. The maximum Gasteiger partial charge on any atom is 0.416 e. The van der Waals surface area contributed by atoms with E-state index in [2.05, 4.69) is 0 Å². The Morgan fingerprint density at radius 2 is 1.83 bits per heavy atom. The van der Waals surface area contributed by atoms with Gasteiger partial charge in [-0.2, -0.15) is 13.2 Å². The molecule has 0 spiro atoms. The van der Waals surface area contributed by atoms with Crippen molar-refractivity contribution in [3.8, 4) is 11.5 Å². The molecule has 0 aromatic heterocycles. The fraction of sp³-hybridized carbons (Fsp3) is 0.120. The number of thioether (sulfide) groups is 1. The number of ether oxygens (including phenoxy) is 2. The van der Waals surface area contributed by atoms with Crippen molar-refractivity contribution in [1.29, 1.82) is 0 Å². The van der Waals surface area contributed by atoms with E-state index in [0.29, 0.717) is 17.1 Å². The third kappa shape index (κ3) is 5.50. The van der Waals surface area contributed by atoms with Crippen molar-refractivity contribution in [2.45, 2.75) is 12.8 Å². The third-order valence-electron chi connectivity index (χ3n) is 5.14. The smallest absolute Gasteiger partial charge is 0.416 e. The van der Waals surface area contributed by atoms with Gasteiger partial charge in [0, 0.05) is 5.56 Å². The quantitative estimate of drug-likeness (QED) is 0.180. The van der Waals surface area contributed by atoms with Gasteiger partial charge in [0.15, 0.2) is 15.8 Å². The molecule has 3 aromatic rings. The van der Waals surface area contributed by atoms with Crippen LogP contribution in [-0.4, -0.2) is 17.3 Å². The van der Waals surface area contributed by atoms with Crippen molar-refractivity contribution < 1.29 is 31.8 Å². The van der Waals surface area contributed by atoms with Gasteiger partial charge in [-0.3, -0.25) is 9.69 Å². The SMILES string of the molecule is COc1cc(/C=C2/SC(=S)N(c3cccc(C(F)(F)F)c3)C2=O)ccc1OCc1c(F)cccc1Cl. The van der Waals surface area contributed by atoms with Crippen LogP contribution in [0.1, 0.15) is 16.7 Å². The molecular weight excluding hydrogens is 538 g/mol. The number of halogens is 5. The molecule has 1 saturated heterocycles. The highest BCUT2D eigenvalue weighted by molar-refractivity contribution is 8.27. The molecule has 1 aliphatic rings. The molecule has 1 amide bonds. The second-order valence-corrected chi connectivity index (χ2v) is 9.55. The van der Waals surface area contributed by atoms with Crippen molar-refractivity contribution in [2.24, 2.45) is 0 Å². The van der Waals surface area contributed by atoms with Crippen LogP contribution in [0.3, 0.4) is 0 Å². The molecule has 0 radical (unpaired) electrons. The Hall–Kier alpha value is -3.08. The minimum absolute atomic E-state index is 0.0314. The summed E-state index contributed by atoms with van der Waals surface area (Å²) in [5.41, 5.74) is -0.0879. The second kappa shape index (κ2) is 10.5. The van der Waals surface area contributed by atoms with Gasteiger partial charge in [0.1, 0.15) is 12.4 Å². The van der Waals surface area contributed by atoms with E-state index in [1.54, 1.807) is 30.3 Å². The molecule has 0 unspecified atom stereocenters. The van der Waals surface area contributed by atoms with Crippen LogP contribution in [0.25, 0.3) is 6.08 Å². The van der Waals surface area contributed by atoms with E-state index in [0.717, 1.165) is 28.8 Å². The van der Waals surface area contributed by atoms with Gasteiger partial charge in [-0.25, -0.2) is 4.39 Å². The second-order valence-electron chi connectivity index (χ2n) is 7.46. The molecule has 1 fully saturated rings. The van der Waals surface area contributed by atoms with Crippen LogP contribution in [0.5, 0.6) is 11.5 Å². The number of nitrogens with zero attached hydrogens (tertiary/aromatic N) is 1. The number of methoxy groups -OCH3 is 1. The van der Waals surface area contributed by atoms with Gasteiger partial charge in [-0.15, -0.1) is 0 Å². The number of carbonyl (C=O) groups excluding carboxylic acids is 1. The Bertz CT molecular complexity index is 1360. The highest BCUT2D eigenvalue weighted by atomic mass is 35.5. The minimum atomic E-state index is -4.55. The van der Waals surface area contributed by atoms with Crippen LogP contribution in [0, 0.1) is 5.82 Å². The van der Waals surface area contributed by atoms with Crippen molar-refractivity contribution in [2.75, 3.05) is 12.0 Å². The summed E-state index contributed by atoms with van der Waals surface area (Å²) in [6.07, 6.45) is -3.00. The Kier molecular flexibility index (Phi) is 7.58. The molecule has 186 valence electrons. The van der Waals surface area contributed by atoms with Crippen LogP contribution in [0.15, 0.2) is 65.6 Å². The van der Waals surface area contributed by atoms with Gasteiger partial charge < -0.3 is 9.47 Å². The van der Waals surface area contributed by atoms with Gasteiger partial charge in [-0.05, 0) is 54.1 Å². The van der Waals surface area contributed by atoms with E-state index in [1.807, 2.05) is 0 Å². The van der Waals surface area contributed by atoms with Gasteiger partial charge >= 0.3 is 6.18 Å². The average Bonchev–Trinajstić information content (AvgIpc) is 3.11. The number of rotatable bonds is 6. The lowest BCUT2D eigenvalue weighted by Gasteiger charge is -2.16. The van der Waals surface area contributed by atoms with Crippen LogP contribution in [0.2, 0.25) is 5.02 Å². The van der Waals surface area contributed by atoms with E-state index in [9.17, 15) is 22.4 Å². The minimum Gasteiger partial charge on any atom is -0.493 e. The number of hydrogen-bond acceptors (Lipinski definition) is 5. The predicted molar refractivity (Wildman–Crippen MR) is 136 cm³/mol. The lowest BCUT2D eigenvalue weighted by Crippen LogP contribution is -2.27. The lowest BCUT2D eigenvalue weighted by molar-refractivity contribution is -0.137. The van der Waals surface area contributed by atoms with E-state index >= 15 is 0 Å². The molecule has 0 bridgehead atoms. The summed E-state index contributed by atoms with van der Waals surface area (Å²) in [4.78, 5) is 14.3. The lowest BCUT2D eigenvalue weighted by atomic mass is 10.1. The molecule has 0 aliphatic carbocycles. The van der Waals surface area contributed by atoms with Crippen molar-refractivity contribution in [3.63, 3.8) is 0 Å². The molecule has 0 N–H and O–H groups in total. The average molecular weight is 554 g/mol. The zero-order chi connectivity index (χ0) is 26.0. The number of thiocarbonyl (C=S) groups is 1. The van der Waals surface area contributed by atoms with E-state index in [-0.39, 0.29) is 32.1 Å². The fourth-order valence-corrected chi connectivity index (χ4v) is 4.89.